The zero-order valence-corrected chi connectivity index (χ0v) is 12.7. The first-order valence-electron chi connectivity index (χ1n) is 7.37. The fourth-order valence-corrected chi connectivity index (χ4v) is 2.98. The molecule has 2 rings (SSSR count). The van der Waals surface area contributed by atoms with Crippen molar-refractivity contribution in [3.63, 3.8) is 0 Å². The molecule has 1 fully saturated rings. The van der Waals surface area contributed by atoms with Crippen LogP contribution >= 0.6 is 0 Å². The van der Waals surface area contributed by atoms with Crippen LogP contribution in [0, 0.1) is 12.3 Å². The minimum atomic E-state index is -0.449. The Labute approximate surface area is 125 Å². The van der Waals surface area contributed by atoms with Crippen molar-refractivity contribution in [1.29, 1.82) is 0 Å². The van der Waals surface area contributed by atoms with E-state index in [0.29, 0.717) is 17.8 Å². The van der Waals surface area contributed by atoms with Crippen LogP contribution in [0.3, 0.4) is 0 Å². The number of nitrogens with one attached hydrogen (secondary N) is 2. The molecular weight excluding hydrogens is 266 g/mol. The summed E-state index contributed by atoms with van der Waals surface area (Å²) in [6, 6.07) is 5.34. The van der Waals surface area contributed by atoms with Crippen LogP contribution in [0.5, 0.6) is 0 Å². The van der Waals surface area contributed by atoms with Gasteiger partial charge in [-0.15, -0.1) is 0 Å². The summed E-state index contributed by atoms with van der Waals surface area (Å²) in [4.78, 5) is 24.4. The third-order valence-electron chi connectivity index (χ3n) is 4.49. The number of carbonyl (C=O) groups excluding carboxylic acids is 2. The van der Waals surface area contributed by atoms with Crippen molar-refractivity contribution in [3.8, 4) is 0 Å². The van der Waals surface area contributed by atoms with Gasteiger partial charge in [0, 0.05) is 24.8 Å². The van der Waals surface area contributed by atoms with Crippen LogP contribution in [0.15, 0.2) is 18.2 Å². The number of hydrogen-bond donors (Lipinski definition) is 3. The molecule has 0 unspecified atom stereocenters. The first-order valence-corrected chi connectivity index (χ1v) is 7.37. The minimum absolute atomic E-state index is 0.0281. The highest BCUT2D eigenvalue weighted by atomic mass is 16.2. The van der Waals surface area contributed by atoms with Gasteiger partial charge in [0.1, 0.15) is 0 Å². The molecule has 2 amide bonds. The van der Waals surface area contributed by atoms with Crippen molar-refractivity contribution in [2.75, 3.05) is 18.9 Å². The summed E-state index contributed by atoms with van der Waals surface area (Å²) in [5, 5.41) is 5.57. The van der Waals surface area contributed by atoms with Crippen molar-refractivity contribution in [3.05, 3.63) is 29.3 Å². The number of amides is 2. The van der Waals surface area contributed by atoms with Crippen molar-refractivity contribution >= 4 is 17.5 Å². The number of rotatable bonds is 4. The van der Waals surface area contributed by atoms with Gasteiger partial charge in [-0.2, -0.15) is 0 Å². The minimum Gasteiger partial charge on any atom is -0.355 e. The molecule has 5 heteroatoms. The lowest BCUT2D eigenvalue weighted by Gasteiger charge is -2.26. The fraction of sp³-hybridized carbons (Fsp3) is 0.500. The Kier molecular flexibility index (Phi) is 4.63. The predicted octanol–water partition coefficient (Wildman–Crippen LogP) is 1.81. The van der Waals surface area contributed by atoms with Gasteiger partial charge in [0.15, 0.2) is 0 Å². The van der Waals surface area contributed by atoms with Gasteiger partial charge in [-0.1, -0.05) is 18.9 Å². The Morgan fingerprint density at radius 3 is 2.52 bits per heavy atom. The summed E-state index contributed by atoms with van der Waals surface area (Å²) in [7, 11) is 1.59. The van der Waals surface area contributed by atoms with Crippen LogP contribution in [-0.2, 0) is 4.79 Å². The number of nitrogens with two attached hydrogens (primary N) is 1. The standard InChI is InChI=1S/C16H23N3O2/c1-11-12(14(20)18-2)6-5-7-13(11)19-15(21)16(10-17)8-3-4-9-16/h5-7H,3-4,8-10,17H2,1-2H3,(H,18,20)(H,19,21). The summed E-state index contributed by atoms with van der Waals surface area (Å²) in [5.41, 5.74) is 7.41. The SMILES string of the molecule is CNC(=O)c1cccc(NC(=O)C2(CN)CCCC2)c1C. The molecule has 0 heterocycles. The van der Waals surface area contributed by atoms with Gasteiger partial charge in [0.05, 0.1) is 5.41 Å². The second kappa shape index (κ2) is 6.26. The third-order valence-corrected chi connectivity index (χ3v) is 4.49. The number of anilines is 1. The van der Waals surface area contributed by atoms with Crippen LogP contribution in [-0.4, -0.2) is 25.4 Å². The van der Waals surface area contributed by atoms with Gasteiger partial charge in [-0.05, 0) is 37.5 Å². The Hall–Kier alpha value is -1.88. The number of carbonyl (C=O) groups is 2. The molecule has 1 aromatic carbocycles. The molecular formula is C16H23N3O2. The predicted molar refractivity (Wildman–Crippen MR) is 83.2 cm³/mol. The van der Waals surface area contributed by atoms with Crippen LogP contribution in [0.2, 0.25) is 0 Å². The highest BCUT2D eigenvalue weighted by Crippen LogP contribution is 2.38. The van der Waals surface area contributed by atoms with Crippen molar-refractivity contribution in [1.82, 2.24) is 5.32 Å². The molecule has 1 aliphatic rings. The Bertz CT molecular complexity index is 548. The highest BCUT2D eigenvalue weighted by molar-refractivity contribution is 6.00. The Morgan fingerprint density at radius 2 is 1.95 bits per heavy atom. The van der Waals surface area contributed by atoms with E-state index in [-0.39, 0.29) is 11.8 Å². The van der Waals surface area contributed by atoms with E-state index in [1.54, 1.807) is 19.2 Å². The van der Waals surface area contributed by atoms with Gasteiger partial charge in [0.25, 0.3) is 5.91 Å². The molecule has 0 atom stereocenters. The molecule has 0 saturated heterocycles. The lowest BCUT2D eigenvalue weighted by atomic mass is 9.85. The maximum Gasteiger partial charge on any atom is 0.251 e. The van der Waals surface area contributed by atoms with E-state index >= 15 is 0 Å². The lowest BCUT2D eigenvalue weighted by Crippen LogP contribution is -2.40. The molecule has 21 heavy (non-hydrogen) atoms. The van der Waals surface area contributed by atoms with Gasteiger partial charge in [-0.3, -0.25) is 9.59 Å². The maximum atomic E-state index is 12.6. The van der Waals surface area contributed by atoms with Crippen LogP contribution in [0.25, 0.3) is 0 Å². The molecule has 0 spiro atoms. The highest BCUT2D eigenvalue weighted by Gasteiger charge is 2.39. The van der Waals surface area contributed by atoms with E-state index in [2.05, 4.69) is 10.6 Å². The zero-order valence-electron chi connectivity index (χ0n) is 12.7. The van der Waals surface area contributed by atoms with Gasteiger partial charge in [-0.25, -0.2) is 0 Å². The molecule has 1 saturated carbocycles. The normalized spacial score (nSPS) is 16.5. The maximum absolute atomic E-state index is 12.6. The molecule has 1 aromatic rings. The topological polar surface area (TPSA) is 84.2 Å². The van der Waals surface area contributed by atoms with Crippen molar-refractivity contribution in [2.24, 2.45) is 11.1 Å². The molecule has 0 bridgehead atoms. The average molecular weight is 289 g/mol. The molecule has 1 aliphatic carbocycles. The van der Waals surface area contributed by atoms with Gasteiger partial charge in [0.2, 0.25) is 5.91 Å². The molecule has 0 aliphatic heterocycles. The molecule has 5 nitrogen and oxygen atoms in total. The van der Waals surface area contributed by atoms with Crippen LogP contribution in [0.4, 0.5) is 5.69 Å². The van der Waals surface area contributed by atoms with Gasteiger partial charge < -0.3 is 16.4 Å². The van der Waals surface area contributed by atoms with Crippen LogP contribution < -0.4 is 16.4 Å². The summed E-state index contributed by atoms with van der Waals surface area (Å²) in [6.45, 7) is 2.21. The lowest BCUT2D eigenvalue weighted by molar-refractivity contribution is -0.124. The van der Waals surface area contributed by atoms with Crippen molar-refractivity contribution in [2.45, 2.75) is 32.6 Å². The molecule has 4 N–H and O–H groups in total. The van der Waals surface area contributed by atoms with E-state index in [4.69, 9.17) is 5.73 Å². The molecule has 114 valence electrons. The Morgan fingerprint density at radius 1 is 1.29 bits per heavy atom. The van der Waals surface area contributed by atoms with E-state index < -0.39 is 5.41 Å². The summed E-state index contributed by atoms with van der Waals surface area (Å²) in [5.74, 6) is -0.183. The number of benzene rings is 1. The number of hydrogen-bond acceptors (Lipinski definition) is 3. The van der Waals surface area contributed by atoms with E-state index in [1.807, 2.05) is 13.0 Å². The fourth-order valence-electron chi connectivity index (χ4n) is 2.98. The van der Waals surface area contributed by atoms with E-state index in [9.17, 15) is 9.59 Å². The largest absolute Gasteiger partial charge is 0.355 e. The third kappa shape index (κ3) is 2.93. The summed E-state index contributed by atoms with van der Waals surface area (Å²) in [6.07, 6.45) is 3.76. The average Bonchev–Trinajstić information content (AvgIpc) is 2.98. The first-order chi connectivity index (χ1) is 10.0. The second-order valence-corrected chi connectivity index (χ2v) is 5.70. The second-order valence-electron chi connectivity index (χ2n) is 5.70. The quantitative estimate of drug-likeness (QED) is 0.790. The monoisotopic (exact) mass is 289 g/mol. The van der Waals surface area contributed by atoms with E-state index in [1.165, 1.54) is 0 Å². The van der Waals surface area contributed by atoms with E-state index in [0.717, 1.165) is 31.2 Å². The molecule has 0 aromatic heterocycles. The molecule has 0 radical (unpaired) electrons. The van der Waals surface area contributed by atoms with Crippen LogP contribution in [0.1, 0.15) is 41.6 Å². The smallest absolute Gasteiger partial charge is 0.251 e. The summed E-state index contributed by atoms with van der Waals surface area (Å²) >= 11 is 0. The Balaban J connectivity index is 2.23. The summed E-state index contributed by atoms with van der Waals surface area (Å²) < 4.78 is 0. The first kappa shape index (κ1) is 15.5. The van der Waals surface area contributed by atoms with Crippen molar-refractivity contribution < 1.29 is 9.59 Å². The van der Waals surface area contributed by atoms with Gasteiger partial charge >= 0.3 is 0 Å². The zero-order chi connectivity index (χ0) is 15.5.